The highest BCUT2D eigenvalue weighted by Gasteiger charge is 2.11. The summed E-state index contributed by atoms with van der Waals surface area (Å²) < 4.78 is 5.28. The molecule has 0 unspecified atom stereocenters. The Morgan fingerprint density at radius 1 is 1.12 bits per heavy atom. The van der Waals surface area contributed by atoms with Crippen LogP contribution in [-0.4, -0.2) is 30.0 Å². The molecule has 0 radical (unpaired) electrons. The lowest BCUT2D eigenvalue weighted by atomic mass is 10.1. The van der Waals surface area contributed by atoms with Crippen molar-refractivity contribution in [3.05, 3.63) is 71.6 Å². The number of ether oxygens (including phenoxy) is 1. The predicted molar refractivity (Wildman–Crippen MR) is 98.6 cm³/mol. The van der Waals surface area contributed by atoms with Crippen molar-refractivity contribution < 1.29 is 14.3 Å². The van der Waals surface area contributed by atoms with Crippen LogP contribution in [0.4, 0.5) is 5.69 Å². The van der Waals surface area contributed by atoms with Gasteiger partial charge in [-0.3, -0.25) is 14.6 Å². The SMILES string of the molecule is O=C(C=C1CCOCC1)NCc1ccccc1NC(=O)c1cccnc1. The Bertz CT molecular complexity index is 795. The minimum absolute atomic E-state index is 0.129. The van der Waals surface area contributed by atoms with Gasteiger partial charge in [-0.05, 0) is 36.6 Å². The van der Waals surface area contributed by atoms with E-state index in [0.29, 0.717) is 31.0 Å². The molecule has 0 spiro atoms. The number of aromatic nitrogens is 1. The molecule has 26 heavy (non-hydrogen) atoms. The summed E-state index contributed by atoms with van der Waals surface area (Å²) in [5.41, 5.74) is 3.09. The van der Waals surface area contributed by atoms with Crippen LogP contribution in [-0.2, 0) is 16.1 Å². The zero-order chi connectivity index (χ0) is 18.2. The van der Waals surface area contributed by atoms with Gasteiger partial charge in [-0.2, -0.15) is 0 Å². The second kappa shape index (κ2) is 8.92. The second-order valence-corrected chi connectivity index (χ2v) is 5.99. The first-order valence-electron chi connectivity index (χ1n) is 8.56. The normalized spacial score (nSPS) is 13.8. The average Bonchev–Trinajstić information content (AvgIpc) is 2.69. The molecule has 1 aromatic carbocycles. The van der Waals surface area contributed by atoms with Gasteiger partial charge in [0.05, 0.1) is 18.8 Å². The number of rotatable bonds is 5. The molecule has 0 bridgehead atoms. The Morgan fingerprint density at radius 3 is 2.69 bits per heavy atom. The molecule has 2 aromatic rings. The Morgan fingerprint density at radius 2 is 1.92 bits per heavy atom. The van der Waals surface area contributed by atoms with Crippen molar-refractivity contribution in [2.24, 2.45) is 0 Å². The van der Waals surface area contributed by atoms with Crippen molar-refractivity contribution in [2.75, 3.05) is 18.5 Å². The maximum Gasteiger partial charge on any atom is 0.257 e. The fourth-order valence-electron chi connectivity index (χ4n) is 2.68. The van der Waals surface area contributed by atoms with Crippen LogP contribution in [0.2, 0.25) is 0 Å². The molecule has 6 nitrogen and oxygen atoms in total. The van der Waals surface area contributed by atoms with E-state index in [2.05, 4.69) is 15.6 Å². The summed E-state index contributed by atoms with van der Waals surface area (Å²) in [6.07, 6.45) is 6.38. The van der Waals surface area contributed by atoms with Crippen molar-refractivity contribution in [3.8, 4) is 0 Å². The molecule has 0 saturated carbocycles. The molecule has 6 heteroatoms. The van der Waals surface area contributed by atoms with E-state index >= 15 is 0 Å². The number of amides is 2. The lowest BCUT2D eigenvalue weighted by Gasteiger charge is -2.15. The summed E-state index contributed by atoms with van der Waals surface area (Å²) in [6.45, 7) is 1.67. The van der Waals surface area contributed by atoms with Crippen LogP contribution >= 0.6 is 0 Å². The molecule has 3 rings (SSSR count). The molecule has 1 aliphatic rings. The number of carbonyl (C=O) groups is 2. The third-order valence-corrected chi connectivity index (χ3v) is 4.11. The van der Waals surface area contributed by atoms with Crippen LogP contribution in [0.1, 0.15) is 28.8 Å². The van der Waals surface area contributed by atoms with E-state index in [1.165, 1.54) is 6.20 Å². The molecule has 134 valence electrons. The van der Waals surface area contributed by atoms with E-state index in [4.69, 9.17) is 4.74 Å². The maximum atomic E-state index is 12.3. The Labute approximate surface area is 152 Å². The molecule has 2 heterocycles. The summed E-state index contributed by atoms with van der Waals surface area (Å²) in [7, 11) is 0. The third kappa shape index (κ3) is 5.00. The first kappa shape index (κ1) is 17.8. The quantitative estimate of drug-likeness (QED) is 0.812. The molecule has 1 aliphatic heterocycles. The fraction of sp³-hybridized carbons (Fsp3) is 0.250. The molecule has 1 aromatic heterocycles. The molecule has 2 N–H and O–H groups in total. The zero-order valence-electron chi connectivity index (χ0n) is 14.4. The smallest absolute Gasteiger partial charge is 0.257 e. The molecule has 0 aliphatic carbocycles. The number of nitrogens with zero attached hydrogens (tertiary/aromatic N) is 1. The minimum Gasteiger partial charge on any atom is -0.381 e. The Balaban J connectivity index is 1.62. The second-order valence-electron chi connectivity index (χ2n) is 5.99. The topological polar surface area (TPSA) is 80.3 Å². The number of carbonyl (C=O) groups excluding carboxylic acids is 2. The van der Waals surface area contributed by atoms with Gasteiger partial charge >= 0.3 is 0 Å². The number of para-hydroxylation sites is 1. The van der Waals surface area contributed by atoms with E-state index in [1.54, 1.807) is 24.4 Å². The lowest BCUT2D eigenvalue weighted by Crippen LogP contribution is -2.23. The van der Waals surface area contributed by atoms with E-state index < -0.39 is 0 Å². The van der Waals surface area contributed by atoms with Crippen molar-refractivity contribution in [2.45, 2.75) is 19.4 Å². The standard InChI is InChI=1S/C20H21N3O3/c24-19(12-15-7-10-26-11-8-15)22-14-16-4-1-2-6-18(16)23-20(25)17-5-3-9-21-13-17/h1-6,9,12-13H,7-8,10-11,14H2,(H,22,24)(H,23,25). The van der Waals surface area contributed by atoms with Gasteiger partial charge in [-0.15, -0.1) is 0 Å². The summed E-state index contributed by atoms with van der Waals surface area (Å²) >= 11 is 0. The molecular weight excluding hydrogens is 330 g/mol. The zero-order valence-corrected chi connectivity index (χ0v) is 14.4. The van der Waals surface area contributed by atoms with Gasteiger partial charge in [-0.25, -0.2) is 0 Å². The number of pyridine rings is 1. The number of nitrogens with one attached hydrogen (secondary N) is 2. The molecular formula is C20H21N3O3. The van der Waals surface area contributed by atoms with Gasteiger partial charge in [0.2, 0.25) is 5.91 Å². The van der Waals surface area contributed by atoms with Gasteiger partial charge < -0.3 is 15.4 Å². The minimum atomic E-state index is -0.235. The van der Waals surface area contributed by atoms with Gasteiger partial charge in [0.25, 0.3) is 5.91 Å². The molecule has 1 fully saturated rings. The number of anilines is 1. The van der Waals surface area contributed by atoms with Gasteiger partial charge in [0.1, 0.15) is 0 Å². The van der Waals surface area contributed by atoms with Gasteiger partial charge in [-0.1, -0.05) is 23.8 Å². The van der Waals surface area contributed by atoms with E-state index in [1.807, 2.05) is 24.3 Å². The highest BCUT2D eigenvalue weighted by Crippen LogP contribution is 2.16. The van der Waals surface area contributed by atoms with Crippen LogP contribution < -0.4 is 10.6 Å². The molecule has 2 amide bonds. The Kier molecular flexibility index (Phi) is 6.11. The van der Waals surface area contributed by atoms with Gasteiger partial charge in [0.15, 0.2) is 0 Å². The first-order valence-corrected chi connectivity index (χ1v) is 8.56. The van der Waals surface area contributed by atoms with Crippen LogP contribution in [0, 0.1) is 0 Å². The summed E-state index contributed by atoms with van der Waals surface area (Å²) in [5, 5.41) is 5.75. The van der Waals surface area contributed by atoms with Gasteiger partial charge in [0, 0.05) is 30.7 Å². The predicted octanol–water partition coefficient (Wildman–Crippen LogP) is 2.69. The Hall–Kier alpha value is -2.99. The van der Waals surface area contributed by atoms with Crippen molar-refractivity contribution in [3.63, 3.8) is 0 Å². The third-order valence-electron chi connectivity index (χ3n) is 4.11. The molecule has 1 saturated heterocycles. The van der Waals surface area contributed by atoms with Crippen LogP contribution in [0.25, 0.3) is 0 Å². The van der Waals surface area contributed by atoms with E-state index in [0.717, 1.165) is 24.0 Å². The highest BCUT2D eigenvalue weighted by molar-refractivity contribution is 6.04. The number of hydrogen-bond acceptors (Lipinski definition) is 4. The average molecular weight is 351 g/mol. The van der Waals surface area contributed by atoms with Crippen LogP contribution in [0.3, 0.4) is 0 Å². The highest BCUT2D eigenvalue weighted by atomic mass is 16.5. The van der Waals surface area contributed by atoms with E-state index in [-0.39, 0.29) is 11.8 Å². The van der Waals surface area contributed by atoms with Crippen molar-refractivity contribution in [1.29, 1.82) is 0 Å². The monoisotopic (exact) mass is 351 g/mol. The summed E-state index contributed by atoms with van der Waals surface area (Å²) in [5.74, 6) is -0.364. The summed E-state index contributed by atoms with van der Waals surface area (Å²) in [4.78, 5) is 28.4. The fourth-order valence-corrected chi connectivity index (χ4v) is 2.68. The van der Waals surface area contributed by atoms with Crippen molar-refractivity contribution >= 4 is 17.5 Å². The number of hydrogen-bond donors (Lipinski definition) is 2. The maximum absolute atomic E-state index is 12.3. The largest absolute Gasteiger partial charge is 0.381 e. The van der Waals surface area contributed by atoms with Crippen LogP contribution in [0.15, 0.2) is 60.4 Å². The summed E-state index contributed by atoms with van der Waals surface area (Å²) in [6, 6.07) is 10.8. The van der Waals surface area contributed by atoms with E-state index in [9.17, 15) is 9.59 Å². The van der Waals surface area contributed by atoms with Crippen LogP contribution in [0.5, 0.6) is 0 Å². The lowest BCUT2D eigenvalue weighted by molar-refractivity contribution is -0.116. The number of benzene rings is 1. The molecule has 0 atom stereocenters. The van der Waals surface area contributed by atoms with Crippen molar-refractivity contribution in [1.82, 2.24) is 10.3 Å². The first-order chi connectivity index (χ1) is 12.7.